The predicted octanol–water partition coefficient (Wildman–Crippen LogP) is 2.65. The van der Waals surface area contributed by atoms with Gasteiger partial charge in [0.05, 0.1) is 0 Å². The molecule has 0 radical (unpaired) electrons. The van der Waals surface area contributed by atoms with Crippen molar-refractivity contribution in [3.05, 3.63) is 10.1 Å². The topological polar surface area (TPSA) is 17.1 Å². The number of aldehydes is 1. The van der Waals surface area contributed by atoms with E-state index in [1.807, 2.05) is 0 Å². The first kappa shape index (κ1) is 7.53. The molecule has 1 fully saturated rings. The van der Waals surface area contributed by atoms with Crippen LogP contribution in [0.3, 0.4) is 0 Å². The molecule has 2 unspecified atom stereocenters. The van der Waals surface area contributed by atoms with E-state index in [1.54, 1.807) is 0 Å². The molecule has 1 saturated carbocycles. The highest BCUT2D eigenvalue weighted by atomic mass is 79.9. The smallest absolute Gasteiger partial charge is 0.147 e. The molecule has 11 heavy (non-hydrogen) atoms. The van der Waals surface area contributed by atoms with Crippen molar-refractivity contribution in [2.45, 2.75) is 25.7 Å². The molecule has 2 aliphatic rings. The Labute approximate surface area is 75.0 Å². The number of carbonyl (C=O) groups is 1. The number of halogens is 1. The normalized spacial score (nSPS) is 36.1. The Hall–Kier alpha value is -0.110. The lowest BCUT2D eigenvalue weighted by Gasteiger charge is -2.18. The van der Waals surface area contributed by atoms with Gasteiger partial charge >= 0.3 is 0 Å². The molecular formula is C9H11BrO. The molecule has 0 amide bonds. The summed E-state index contributed by atoms with van der Waals surface area (Å²) < 4.78 is 1.20. The average molecular weight is 215 g/mol. The van der Waals surface area contributed by atoms with Crippen molar-refractivity contribution in [2.75, 3.05) is 0 Å². The molecule has 0 aromatic heterocycles. The molecule has 0 spiro atoms. The Bertz CT molecular complexity index is 220. The van der Waals surface area contributed by atoms with Crippen LogP contribution in [-0.2, 0) is 4.79 Å². The molecule has 1 nitrogen and oxygen atoms in total. The van der Waals surface area contributed by atoms with E-state index < -0.39 is 0 Å². The van der Waals surface area contributed by atoms with Crippen LogP contribution in [0, 0.1) is 11.8 Å². The molecule has 60 valence electrons. The highest BCUT2D eigenvalue weighted by molar-refractivity contribution is 9.11. The van der Waals surface area contributed by atoms with Crippen LogP contribution in [0.25, 0.3) is 0 Å². The van der Waals surface area contributed by atoms with E-state index in [1.165, 1.54) is 30.2 Å². The summed E-state index contributed by atoms with van der Waals surface area (Å²) in [6.45, 7) is 0. The zero-order valence-electron chi connectivity index (χ0n) is 6.35. The van der Waals surface area contributed by atoms with Gasteiger partial charge < -0.3 is 0 Å². The highest BCUT2D eigenvalue weighted by Gasteiger charge is 2.34. The van der Waals surface area contributed by atoms with Crippen LogP contribution in [0.15, 0.2) is 10.1 Å². The van der Waals surface area contributed by atoms with Gasteiger partial charge in [0, 0.05) is 10.1 Å². The second kappa shape index (κ2) is 2.74. The Balaban J connectivity index is 2.32. The molecule has 0 N–H and O–H groups in total. The first-order valence-electron chi connectivity index (χ1n) is 4.17. The third kappa shape index (κ3) is 1.08. The maximum absolute atomic E-state index is 10.7. The van der Waals surface area contributed by atoms with Crippen LogP contribution in [0.4, 0.5) is 0 Å². The number of hydrogen-bond donors (Lipinski definition) is 0. The maximum atomic E-state index is 10.7. The average Bonchev–Trinajstić information content (AvgIpc) is 2.25. The van der Waals surface area contributed by atoms with Gasteiger partial charge in [-0.15, -0.1) is 0 Å². The summed E-state index contributed by atoms with van der Waals surface area (Å²) in [6, 6.07) is 0. The van der Waals surface area contributed by atoms with Crippen LogP contribution in [0.1, 0.15) is 25.7 Å². The standard InChI is InChI=1S/C9H11BrO/c10-9-7-3-1-2-6(4-7)8(9)5-11/h5-7H,1-4H2. The fraction of sp³-hybridized carbons (Fsp3) is 0.667. The molecule has 2 rings (SSSR count). The SMILES string of the molecule is O=CC1=C(Br)C2CCCC1C2. The number of rotatable bonds is 1. The van der Waals surface area contributed by atoms with Crippen molar-refractivity contribution < 1.29 is 4.79 Å². The summed E-state index contributed by atoms with van der Waals surface area (Å²) >= 11 is 3.52. The summed E-state index contributed by atoms with van der Waals surface area (Å²) in [5.41, 5.74) is 1.05. The van der Waals surface area contributed by atoms with Crippen molar-refractivity contribution in [1.29, 1.82) is 0 Å². The minimum Gasteiger partial charge on any atom is -0.298 e. The van der Waals surface area contributed by atoms with Crippen molar-refractivity contribution in [3.8, 4) is 0 Å². The van der Waals surface area contributed by atoms with Gasteiger partial charge in [-0.25, -0.2) is 0 Å². The fourth-order valence-corrected chi connectivity index (χ4v) is 3.12. The lowest BCUT2D eigenvalue weighted by Crippen LogP contribution is -2.08. The number of carbonyl (C=O) groups excluding carboxylic acids is 1. The summed E-state index contributed by atoms with van der Waals surface area (Å²) in [5, 5.41) is 0. The van der Waals surface area contributed by atoms with Gasteiger partial charge in [-0.05, 0) is 31.1 Å². The van der Waals surface area contributed by atoms with Crippen LogP contribution in [0.5, 0.6) is 0 Å². The second-order valence-electron chi connectivity index (χ2n) is 3.48. The molecule has 0 aliphatic heterocycles. The fourth-order valence-electron chi connectivity index (χ4n) is 2.29. The lowest BCUT2D eigenvalue weighted by atomic mass is 9.86. The molecule has 2 bridgehead atoms. The van der Waals surface area contributed by atoms with Crippen molar-refractivity contribution >= 4 is 22.2 Å². The van der Waals surface area contributed by atoms with E-state index in [2.05, 4.69) is 15.9 Å². The van der Waals surface area contributed by atoms with Crippen LogP contribution < -0.4 is 0 Å². The summed E-state index contributed by atoms with van der Waals surface area (Å²) in [7, 11) is 0. The van der Waals surface area contributed by atoms with E-state index >= 15 is 0 Å². The molecule has 2 heteroatoms. The van der Waals surface area contributed by atoms with Gasteiger partial charge in [-0.3, -0.25) is 4.79 Å². The number of fused-ring (bicyclic) bond motifs is 2. The number of allylic oxidation sites excluding steroid dienone is 2. The van der Waals surface area contributed by atoms with Gasteiger partial charge in [0.1, 0.15) is 6.29 Å². The first-order chi connectivity index (χ1) is 5.33. The van der Waals surface area contributed by atoms with Gasteiger partial charge in [-0.2, -0.15) is 0 Å². The largest absolute Gasteiger partial charge is 0.298 e. The maximum Gasteiger partial charge on any atom is 0.147 e. The van der Waals surface area contributed by atoms with Crippen molar-refractivity contribution in [2.24, 2.45) is 11.8 Å². The van der Waals surface area contributed by atoms with Crippen LogP contribution >= 0.6 is 15.9 Å². The summed E-state index contributed by atoms with van der Waals surface area (Å²) in [4.78, 5) is 10.7. The number of hydrogen-bond acceptors (Lipinski definition) is 1. The minimum absolute atomic E-state index is 0.584. The molecular weight excluding hydrogens is 204 g/mol. The monoisotopic (exact) mass is 214 g/mol. The van der Waals surface area contributed by atoms with Gasteiger partial charge in [0.25, 0.3) is 0 Å². The van der Waals surface area contributed by atoms with E-state index in [9.17, 15) is 4.79 Å². The Kier molecular flexibility index (Phi) is 1.88. The van der Waals surface area contributed by atoms with Gasteiger partial charge in [0.2, 0.25) is 0 Å². The molecule has 2 aliphatic carbocycles. The molecule has 2 atom stereocenters. The van der Waals surface area contributed by atoms with E-state index in [4.69, 9.17) is 0 Å². The first-order valence-corrected chi connectivity index (χ1v) is 4.97. The summed E-state index contributed by atoms with van der Waals surface area (Å²) in [5.74, 6) is 1.26. The Morgan fingerprint density at radius 1 is 1.36 bits per heavy atom. The van der Waals surface area contributed by atoms with E-state index in [0.717, 1.165) is 11.9 Å². The van der Waals surface area contributed by atoms with Gasteiger partial charge in [0.15, 0.2) is 0 Å². The second-order valence-corrected chi connectivity index (χ2v) is 4.34. The quantitative estimate of drug-likeness (QED) is 0.614. The lowest BCUT2D eigenvalue weighted by molar-refractivity contribution is -0.105. The molecule has 0 heterocycles. The van der Waals surface area contributed by atoms with E-state index in [0.29, 0.717) is 11.8 Å². The zero-order chi connectivity index (χ0) is 7.84. The zero-order valence-corrected chi connectivity index (χ0v) is 7.93. The molecule has 0 aromatic carbocycles. The summed E-state index contributed by atoms with van der Waals surface area (Å²) in [6.07, 6.45) is 6.05. The van der Waals surface area contributed by atoms with E-state index in [-0.39, 0.29) is 0 Å². The molecule has 0 aromatic rings. The van der Waals surface area contributed by atoms with Crippen molar-refractivity contribution in [1.82, 2.24) is 0 Å². The predicted molar refractivity (Wildman–Crippen MR) is 47.5 cm³/mol. The third-order valence-electron chi connectivity index (χ3n) is 2.88. The Morgan fingerprint density at radius 2 is 2.09 bits per heavy atom. The minimum atomic E-state index is 0.584. The van der Waals surface area contributed by atoms with Crippen molar-refractivity contribution in [3.63, 3.8) is 0 Å². The third-order valence-corrected chi connectivity index (χ3v) is 3.98. The Morgan fingerprint density at radius 3 is 2.73 bits per heavy atom. The van der Waals surface area contributed by atoms with Crippen LogP contribution in [-0.4, -0.2) is 6.29 Å². The molecule has 0 saturated heterocycles. The van der Waals surface area contributed by atoms with Crippen LogP contribution in [0.2, 0.25) is 0 Å². The van der Waals surface area contributed by atoms with Gasteiger partial charge in [-0.1, -0.05) is 22.4 Å². The highest BCUT2D eigenvalue weighted by Crippen LogP contribution is 2.47.